The van der Waals surface area contributed by atoms with Gasteiger partial charge in [-0.2, -0.15) is 0 Å². The minimum Gasteiger partial charge on any atom is -0.497 e. The number of carbonyl (C=O) groups is 1. The second-order valence-electron chi connectivity index (χ2n) is 8.76. The van der Waals surface area contributed by atoms with E-state index < -0.39 is 6.09 Å². The quantitative estimate of drug-likeness (QED) is 0.544. The number of nitrogens with zero attached hydrogens (tertiary/aromatic N) is 1. The molecule has 2 fully saturated rings. The number of hydrogen-bond acceptors (Lipinski definition) is 3. The molecule has 1 aromatic carbocycles. The van der Waals surface area contributed by atoms with Gasteiger partial charge in [0.2, 0.25) is 0 Å². The topological polar surface area (TPSA) is 61.8 Å². The van der Waals surface area contributed by atoms with E-state index in [1.165, 1.54) is 68.2 Å². The summed E-state index contributed by atoms with van der Waals surface area (Å²) in [5.41, 5.74) is 1.36. The molecule has 1 aliphatic carbocycles. The maximum Gasteiger partial charge on any atom is 0.404 e. The molecule has 1 heterocycles. The normalized spacial score (nSPS) is 23.7. The van der Waals surface area contributed by atoms with E-state index in [0.717, 1.165) is 36.8 Å². The van der Waals surface area contributed by atoms with E-state index in [4.69, 9.17) is 9.84 Å². The zero-order valence-electron chi connectivity index (χ0n) is 17.5. The van der Waals surface area contributed by atoms with Gasteiger partial charge >= 0.3 is 6.09 Å². The summed E-state index contributed by atoms with van der Waals surface area (Å²) in [7, 11) is 1.73. The lowest BCUT2D eigenvalue weighted by atomic mass is 9.83. The molecule has 1 aromatic rings. The lowest BCUT2D eigenvalue weighted by Gasteiger charge is -2.33. The summed E-state index contributed by atoms with van der Waals surface area (Å²) in [6.07, 6.45) is 9.69. The predicted molar refractivity (Wildman–Crippen MR) is 120 cm³/mol. The highest BCUT2D eigenvalue weighted by atomic mass is 79.9. The average Bonchev–Trinajstić information content (AvgIpc) is 2.72. The van der Waals surface area contributed by atoms with Gasteiger partial charge in [0, 0.05) is 10.5 Å². The van der Waals surface area contributed by atoms with E-state index in [2.05, 4.69) is 38.3 Å². The molecule has 2 N–H and O–H groups in total. The van der Waals surface area contributed by atoms with Crippen molar-refractivity contribution in [2.24, 2.45) is 11.8 Å². The third-order valence-corrected chi connectivity index (χ3v) is 7.50. The lowest BCUT2D eigenvalue weighted by Crippen LogP contribution is -2.37. The monoisotopic (exact) mass is 466 g/mol. The number of ether oxygens (including phenoxy) is 1. The molecule has 0 radical (unpaired) electrons. The number of hydrogen-bond donors (Lipinski definition) is 2. The zero-order chi connectivity index (χ0) is 20.6. The highest BCUT2D eigenvalue weighted by molar-refractivity contribution is 9.10. The molecule has 0 aromatic heterocycles. The first-order chi connectivity index (χ1) is 14.0. The largest absolute Gasteiger partial charge is 0.497 e. The van der Waals surface area contributed by atoms with Crippen molar-refractivity contribution in [2.45, 2.75) is 63.8 Å². The van der Waals surface area contributed by atoms with Crippen LogP contribution in [0.3, 0.4) is 0 Å². The Kier molecular flexibility index (Phi) is 8.67. The fraction of sp³-hybridized carbons (Fsp3) is 0.696. The smallest absolute Gasteiger partial charge is 0.404 e. The third kappa shape index (κ3) is 7.18. The molecule has 1 saturated heterocycles. The highest BCUT2D eigenvalue weighted by Gasteiger charge is 2.23. The molecule has 29 heavy (non-hydrogen) atoms. The first-order valence-electron chi connectivity index (χ1n) is 11.1. The number of carboxylic acid groups (broad SMARTS) is 1. The summed E-state index contributed by atoms with van der Waals surface area (Å²) in [6.45, 7) is 3.63. The summed E-state index contributed by atoms with van der Waals surface area (Å²) in [4.78, 5) is 13.4. The van der Waals surface area contributed by atoms with Gasteiger partial charge in [-0.05, 0) is 113 Å². The molecule has 5 nitrogen and oxygen atoms in total. The van der Waals surface area contributed by atoms with Gasteiger partial charge < -0.3 is 20.1 Å². The summed E-state index contributed by atoms with van der Waals surface area (Å²) in [6, 6.07) is 6.43. The number of methoxy groups -OCH3 is 1. The molecule has 1 aliphatic heterocycles. The van der Waals surface area contributed by atoms with Gasteiger partial charge in [0.1, 0.15) is 5.75 Å². The molecule has 0 unspecified atom stereocenters. The second kappa shape index (κ2) is 11.2. The Hall–Kier alpha value is -1.27. The molecule has 0 bridgehead atoms. The van der Waals surface area contributed by atoms with Crippen molar-refractivity contribution in [1.82, 2.24) is 10.2 Å². The van der Waals surface area contributed by atoms with Crippen LogP contribution in [-0.2, 0) is 6.42 Å². The number of halogens is 1. The van der Waals surface area contributed by atoms with Crippen molar-refractivity contribution in [3.05, 3.63) is 28.2 Å². The standard InChI is InChI=1S/C23H35BrN2O3/c1-29-21-8-9-22(24)19(16-21)15-18-10-13-26(14-11-18)12-2-3-17-4-6-20(7-5-17)25-23(27)28/h8-9,16-18,20,25H,2-7,10-15H2,1H3,(H,27,28). The summed E-state index contributed by atoms with van der Waals surface area (Å²) >= 11 is 3.69. The van der Waals surface area contributed by atoms with Crippen LogP contribution in [0.1, 0.15) is 56.9 Å². The fourth-order valence-corrected chi connectivity index (χ4v) is 5.34. The van der Waals surface area contributed by atoms with E-state index in [1.54, 1.807) is 7.11 Å². The minimum atomic E-state index is -0.879. The Morgan fingerprint density at radius 1 is 1.17 bits per heavy atom. The van der Waals surface area contributed by atoms with Crippen LogP contribution in [0.25, 0.3) is 0 Å². The molecule has 6 heteroatoms. The van der Waals surface area contributed by atoms with Crippen LogP contribution >= 0.6 is 15.9 Å². The van der Waals surface area contributed by atoms with Crippen LogP contribution in [0.2, 0.25) is 0 Å². The molecule has 0 atom stereocenters. The zero-order valence-corrected chi connectivity index (χ0v) is 19.1. The molecule has 2 aliphatic rings. The Bertz CT molecular complexity index is 654. The molecular formula is C23H35BrN2O3. The first kappa shape index (κ1) is 22.4. The Morgan fingerprint density at radius 3 is 2.55 bits per heavy atom. The molecule has 3 rings (SSSR count). The van der Waals surface area contributed by atoms with Gasteiger partial charge in [0.15, 0.2) is 0 Å². The molecule has 162 valence electrons. The van der Waals surface area contributed by atoms with Crippen molar-refractivity contribution >= 4 is 22.0 Å². The summed E-state index contributed by atoms with van der Waals surface area (Å²) < 4.78 is 6.56. The number of benzene rings is 1. The van der Waals surface area contributed by atoms with Crippen LogP contribution in [-0.4, -0.2) is 48.9 Å². The Labute approximate surface area is 183 Å². The average molecular weight is 467 g/mol. The number of rotatable bonds is 8. The Balaban J connectivity index is 1.31. The van der Waals surface area contributed by atoms with E-state index in [1.807, 2.05) is 6.07 Å². The van der Waals surface area contributed by atoms with Crippen molar-refractivity contribution in [3.8, 4) is 5.75 Å². The van der Waals surface area contributed by atoms with Crippen molar-refractivity contribution < 1.29 is 14.6 Å². The van der Waals surface area contributed by atoms with Crippen LogP contribution in [0.5, 0.6) is 5.75 Å². The van der Waals surface area contributed by atoms with E-state index >= 15 is 0 Å². The number of amides is 1. The molecule has 0 spiro atoms. The van der Waals surface area contributed by atoms with Crippen molar-refractivity contribution in [1.29, 1.82) is 0 Å². The van der Waals surface area contributed by atoms with Gasteiger partial charge in [0.05, 0.1) is 7.11 Å². The minimum absolute atomic E-state index is 0.174. The van der Waals surface area contributed by atoms with Crippen LogP contribution in [0.4, 0.5) is 4.79 Å². The van der Waals surface area contributed by atoms with Gasteiger partial charge in [-0.3, -0.25) is 0 Å². The van der Waals surface area contributed by atoms with E-state index in [-0.39, 0.29) is 6.04 Å². The summed E-state index contributed by atoms with van der Waals surface area (Å²) in [5, 5.41) is 11.5. The van der Waals surface area contributed by atoms with Gasteiger partial charge in [-0.25, -0.2) is 4.79 Å². The summed E-state index contributed by atoms with van der Waals surface area (Å²) in [5.74, 6) is 2.48. The van der Waals surface area contributed by atoms with Crippen molar-refractivity contribution in [2.75, 3.05) is 26.7 Å². The number of piperidine rings is 1. The predicted octanol–water partition coefficient (Wildman–Crippen LogP) is 5.32. The van der Waals surface area contributed by atoms with Crippen LogP contribution < -0.4 is 10.1 Å². The fourth-order valence-electron chi connectivity index (χ4n) is 4.93. The van der Waals surface area contributed by atoms with Crippen LogP contribution in [0.15, 0.2) is 22.7 Å². The Morgan fingerprint density at radius 2 is 1.90 bits per heavy atom. The maximum absolute atomic E-state index is 10.7. The first-order valence-corrected chi connectivity index (χ1v) is 11.9. The van der Waals surface area contributed by atoms with Gasteiger partial charge in [-0.1, -0.05) is 15.9 Å². The van der Waals surface area contributed by atoms with E-state index in [9.17, 15) is 4.79 Å². The number of nitrogens with one attached hydrogen (secondary N) is 1. The molecular weight excluding hydrogens is 432 g/mol. The van der Waals surface area contributed by atoms with Gasteiger partial charge in [0.25, 0.3) is 0 Å². The number of likely N-dealkylation sites (tertiary alicyclic amines) is 1. The third-order valence-electron chi connectivity index (χ3n) is 6.73. The SMILES string of the molecule is COc1ccc(Br)c(CC2CCN(CCCC3CCC(NC(=O)O)CC3)CC2)c1. The second-order valence-corrected chi connectivity index (χ2v) is 9.61. The molecule has 1 saturated carbocycles. The van der Waals surface area contributed by atoms with Gasteiger partial charge in [-0.15, -0.1) is 0 Å². The lowest BCUT2D eigenvalue weighted by molar-refractivity contribution is 0.170. The van der Waals surface area contributed by atoms with Crippen LogP contribution in [0, 0.1) is 11.8 Å². The molecule has 1 amide bonds. The van der Waals surface area contributed by atoms with Crippen molar-refractivity contribution in [3.63, 3.8) is 0 Å². The highest BCUT2D eigenvalue weighted by Crippen LogP contribution is 2.30. The maximum atomic E-state index is 10.7. The van der Waals surface area contributed by atoms with E-state index in [0.29, 0.717) is 0 Å².